The van der Waals surface area contributed by atoms with Crippen LogP contribution in [0.4, 0.5) is 0 Å². The SMILES string of the molecule is O=S1(=O)NCc2c(Cl)cc(Br)cc21. The van der Waals surface area contributed by atoms with E-state index in [4.69, 9.17) is 11.6 Å². The van der Waals surface area contributed by atoms with Crippen LogP contribution in [0.1, 0.15) is 5.56 Å². The second-order valence-corrected chi connectivity index (χ2v) is 5.75. The molecule has 1 aliphatic heterocycles. The van der Waals surface area contributed by atoms with E-state index in [0.29, 0.717) is 15.1 Å². The van der Waals surface area contributed by atoms with Gasteiger partial charge in [-0.25, -0.2) is 13.1 Å². The van der Waals surface area contributed by atoms with Crippen molar-refractivity contribution >= 4 is 37.6 Å². The highest BCUT2D eigenvalue weighted by Gasteiger charge is 2.27. The van der Waals surface area contributed by atoms with Crippen molar-refractivity contribution in [3.05, 3.63) is 27.2 Å². The number of fused-ring (bicyclic) bond motifs is 1. The zero-order chi connectivity index (χ0) is 9.64. The molecule has 2 rings (SSSR count). The molecule has 0 spiro atoms. The topological polar surface area (TPSA) is 46.2 Å². The van der Waals surface area contributed by atoms with Crippen LogP contribution in [0.2, 0.25) is 5.02 Å². The van der Waals surface area contributed by atoms with Crippen LogP contribution >= 0.6 is 27.5 Å². The molecule has 0 amide bonds. The fourth-order valence-electron chi connectivity index (χ4n) is 1.24. The van der Waals surface area contributed by atoms with Crippen molar-refractivity contribution in [3.63, 3.8) is 0 Å². The lowest BCUT2D eigenvalue weighted by Crippen LogP contribution is -2.13. The third-order valence-corrected chi connectivity index (χ3v) is 4.11. The molecule has 3 nitrogen and oxygen atoms in total. The number of nitrogens with one attached hydrogen (secondary N) is 1. The molecule has 0 radical (unpaired) electrons. The van der Waals surface area contributed by atoms with Gasteiger partial charge in [0.1, 0.15) is 0 Å². The Balaban J connectivity index is 2.79. The van der Waals surface area contributed by atoms with Crippen molar-refractivity contribution in [1.29, 1.82) is 0 Å². The van der Waals surface area contributed by atoms with Crippen LogP contribution in [-0.4, -0.2) is 8.42 Å². The van der Waals surface area contributed by atoms with E-state index >= 15 is 0 Å². The monoisotopic (exact) mass is 281 g/mol. The number of hydrogen-bond donors (Lipinski definition) is 1. The molecule has 13 heavy (non-hydrogen) atoms. The lowest BCUT2D eigenvalue weighted by molar-refractivity contribution is 0.589. The average molecular weight is 283 g/mol. The van der Waals surface area contributed by atoms with Crippen molar-refractivity contribution in [1.82, 2.24) is 4.72 Å². The van der Waals surface area contributed by atoms with Gasteiger partial charge in [-0.05, 0) is 12.1 Å². The zero-order valence-corrected chi connectivity index (χ0v) is 9.50. The van der Waals surface area contributed by atoms with Gasteiger partial charge < -0.3 is 0 Å². The van der Waals surface area contributed by atoms with Crippen molar-refractivity contribution in [2.45, 2.75) is 11.4 Å². The van der Waals surface area contributed by atoms with E-state index in [0.717, 1.165) is 0 Å². The summed E-state index contributed by atoms with van der Waals surface area (Å²) in [5.41, 5.74) is 0.643. The molecule has 70 valence electrons. The minimum Gasteiger partial charge on any atom is -0.207 e. The molecule has 1 aromatic carbocycles. The van der Waals surface area contributed by atoms with Gasteiger partial charge in [0, 0.05) is 21.6 Å². The summed E-state index contributed by atoms with van der Waals surface area (Å²) in [6.07, 6.45) is 0. The predicted molar refractivity (Wildman–Crippen MR) is 53.2 cm³/mol. The second-order valence-electron chi connectivity index (χ2n) is 2.69. The summed E-state index contributed by atoms with van der Waals surface area (Å²) in [5.74, 6) is 0. The summed E-state index contributed by atoms with van der Waals surface area (Å²) in [5, 5.41) is 0.470. The largest absolute Gasteiger partial charge is 0.241 e. The van der Waals surface area contributed by atoms with Crippen molar-refractivity contribution in [2.75, 3.05) is 0 Å². The fraction of sp³-hybridized carbons (Fsp3) is 0.143. The Labute approximate surface area is 89.3 Å². The number of halogens is 2. The molecule has 1 aliphatic rings. The van der Waals surface area contributed by atoms with Crippen molar-refractivity contribution < 1.29 is 8.42 Å². The van der Waals surface area contributed by atoms with Crippen LogP contribution in [0, 0.1) is 0 Å². The molecule has 1 aromatic rings. The van der Waals surface area contributed by atoms with Gasteiger partial charge in [0.2, 0.25) is 10.0 Å². The zero-order valence-electron chi connectivity index (χ0n) is 6.34. The second kappa shape index (κ2) is 2.95. The third-order valence-electron chi connectivity index (χ3n) is 1.85. The normalized spacial score (nSPS) is 18.6. The van der Waals surface area contributed by atoms with Crippen LogP contribution in [0.3, 0.4) is 0 Å². The standard InChI is InChI=1S/C7H5BrClNO2S/c8-4-1-6(9)5-3-10-13(11,12)7(5)2-4/h1-2,10H,3H2. The van der Waals surface area contributed by atoms with E-state index in [1.807, 2.05) is 0 Å². The summed E-state index contributed by atoms with van der Waals surface area (Å²) in [6, 6.07) is 3.24. The molecule has 1 heterocycles. The number of sulfonamides is 1. The molecule has 0 atom stereocenters. The first kappa shape index (κ1) is 9.45. The van der Waals surface area contributed by atoms with Gasteiger partial charge in [0.05, 0.1) is 4.90 Å². The number of hydrogen-bond acceptors (Lipinski definition) is 2. The van der Waals surface area contributed by atoms with E-state index in [2.05, 4.69) is 20.7 Å². The molecule has 0 unspecified atom stereocenters. The van der Waals surface area contributed by atoms with Crippen LogP contribution in [0.15, 0.2) is 21.5 Å². The van der Waals surface area contributed by atoms with Crippen LogP contribution in [0.25, 0.3) is 0 Å². The molecule has 1 N–H and O–H groups in total. The average Bonchev–Trinajstić information content (AvgIpc) is 2.28. The molecular formula is C7H5BrClNO2S. The molecular weight excluding hydrogens is 278 g/mol. The Morgan fingerprint density at radius 2 is 2.15 bits per heavy atom. The van der Waals surface area contributed by atoms with E-state index in [9.17, 15) is 8.42 Å². The first-order chi connectivity index (χ1) is 6.00. The minimum atomic E-state index is -3.32. The third kappa shape index (κ3) is 1.50. The minimum absolute atomic E-state index is 0.270. The van der Waals surface area contributed by atoms with Gasteiger partial charge in [-0.15, -0.1) is 0 Å². The highest BCUT2D eigenvalue weighted by Crippen LogP contribution is 2.32. The molecule has 0 bridgehead atoms. The summed E-state index contributed by atoms with van der Waals surface area (Å²) in [6.45, 7) is 0.282. The molecule has 0 fully saturated rings. The Morgan fingerprint density at radius 3 is 2.85 bits per heavy atom. The van der Waals surface area contributed by atoms with Gasteiger partial charge in [-0.2, -0.15) is 0 Å². The smallest absolute Gasteiger partial charge is 0.207 e. The summed E-state index contributed by atoms with van der Waals surface area (Å²) >= 11 is 9.06. The maximum Gasteiger partial charge on any atom is 0.241 e. The molecule has 0 saturated carbocycles. The van der Waals surface area contributed by atoms with Crippen LogP contribution < -0.4 is 4.72 Å². The summed E-state index contributed by atoms with van der Waals surface area (Å²) in [4.78, 5) is 0.270. The lowest BCUT2D eigenvalue weighted by Gasteiger charge is -2.00. The quantitative estimate of drug-likeness (QED) is 0.790. The Morgan fingerprint density at radius 1 is 1.46 bits per heavy atom. The Hall–Kier alpha value is -0.100. The molecule has 0 aliphatic carbocycles. The molecule has 6 heteroatoms. The number of rotatable bonds is 0. The Kier molecular flexibility index (Phi) is 2.14. The van der Waals surface area contributed by atoms with E-state index in [-0.39, 0.29) is 11.4 Å². The highest BCUT2D eigenvalue weighted by molar-refractivity contribution is 9.10. The van der Waals surface area contributed by atoms with Gasteiger partial charge >= 0.3 is 0 Å². The predicted octanol–water partition coefficient (Wildman–Crippen LogP) is 1.89. The maximum atomic E-state index is 11.4. The highest BCUT2D eigenvalue weighted by atomic mass is 79.9. The molecule has 0 saturated heterocycles. The first-order valence-corrected chi connectivity index (χ1v) is 6.14. The molecule has 0 aromatic heterocycles. The van der Waals surface area contributed by atoms with E-state index < -0.39 is 10.0 Å². The summed E-state index contributed by atoms with van der Waals surface area (Å²) in [7, 11) is -3.32. The van der Waals surface area contributed by atoms with Crippen LogP contribution in [0.5, 0.6) is 0 Å². The van der Waals surface area contributed by atoms with Gasteiger partial charge in [-0.3, -0.25) is 0 Å². The van der Waals surface area contributed by atoms with Gasteiger partial charge in [0.25, 0.3) is 0 Å². The van der Waals surface area contributed by atoms with Gasteiger partial charge in [0.15, 0.2) is 0 Å². The fourth-order valence-corrected chi connectivity index (χ4v) is 3.60. The maximum absolute atomic E-state index is 11.4. The van der Waals surface area contributed by atoms with Crippen LogP contribution in [-0.2, 0) is 16.6 Å². The number of benzene rings is 1. The van der Waals surface area contributed by atoms with E-state index in [1.165, 1.54) is 0 Å². The van der Waals surface area contributed by atoms with Gasteiger partial charge in [-0.1, -0.05) is 27.5 Å². The summed E-state index contributed by atoms with van der Waals surface area (Å²) < 4.78 is 25.8. The lowest BCUT2D eigenvalue weighted by atomic mass is 10.2. The first-order valence-electron chi connectivity index (χ1n) is 3.48. The van der Waals surface area contributed by atoms with Crippen molar-refractivity contribution in [2.24, 2.45) is 0 Å². The van der Waals surface area contributed by atoms with E-state index in [1.54, 1.807) is 12.1 Å². The van der Waals surface area contributed by atoms with Crippen molar-refractivity contribution in [3.8, 4) is 0 Å². The Bertz CT molecular complexity index is 472.